The maximum Gasteiger partial charge on any atom is 0.264 e. The highest BCUT2D eigenvalue weighted by atomic mass is 32.1. The lowest BCUT2D eigenvalue weighted by molar-refractivity contribution is 0.0374. The van der Waals surface area contributed by atoms with Crippen LogP contribution in [0.1, 0.15) is 29.4 Å². The van der Waals surface area contributed by atoms with Crippen molar-refractivity contribution in [3.63, 3.8) is 0 Å². The number of methoxy groups -OCH3 is 1. The van der Waals surface area contributed by atoms with Crippen LogP contribution >= 0.6 is 11.3 Å². The number of carbonyl (C=O) groups excluding carboxylic acids is 1. The van der Waals surface area contributed by atoms with Gasteiger partial charge in [0.15, 0.2) is 0 Å². The summed E-state index contributed by atoms with van der Waals surface area (Å²) in [6, 6.07) is 4.32. The van der Waals surface area contributed by atoms with E-state index in [2.05, 4.69) is 11.8 Å². The summed E-state index contributed by atoms with van der Waals surface area (Å²) in [4.78, 5) is 17.7. The number of hydrogen-bond donors (Lipinski definition) is 0. The van der Waals surface area contributed by atoms with E-state index in [1.807, 2.05) is 22.4 Å². The van der Waals surface area contributed by atoms with Gasteiger partial charge in [0.25, 0.3) is 5.91 Å². The van der Waals surface area contributed by atoms with E-state index in [9.17, 15) is 4.79 Å². The fourth-order valence-electron chi connectivity index (χ4n) is 2.74. The maximum absolute atomic E-state index is 12.4. The van der Waals surface area contributed by atoms with Crippen LogP contribution in [0.3, 0.4) is 0 Å². The van der Waals surface area contributed by atoms with E-state index < -0.39 is 0 Å². The van der Waals surface area contributed by atoms with E-state index in [1.165, 1.54) is 11.3 Å². The molecule has 0 saturated carbocycles. The smallest absolute Gasteiger partial charge is 0.264 e. The summed E-state index contributed by atoms with van der Waals surface area (Å²) >= 11 is 1.53. The molecule has 1 amide bonds. The molecule has 0 radical (unpaired) electrons. The molecule has 0 spiro atoms. The number of ether oxygens (including phenoxy) is 1. The van der Waals surface area contributed by atoms with Crippen LogP contribution in [-0.2, 0) is 4.74 Å². The van der Waals surface area contributed by atoms with Crippen molar-refractivity contribution < 1.29 is 9.53 Å². The van der Waals surface area contributed by atoms with Crippen molar-refractivity contribution in [1.29, 1.82) is 0 Å². The van der Waals surface area contributed by atoms with Gasteiger partial charge < -0.3 is 9.64 Å². The highest BCUT2D eigenvalue weighted by Crippen LogP contribution is 2.18. The molecule has 0 unspecified atom stereocenters. The molecule has 0 bridgehead atoms. The summed E-state index contributed by atoms with van der Waals surface area (Å²) in [6.45, 7) is 6.54. The Balaban J connectivity index is 1.96. The molecule has 0 aliphatic carbocycles. The zero-order chi connectivity index (χ0) is 14.4. The molecule has 1 aromatic heterocycles. The van der Waals surface area contributed by atoms with E-state index in [-0.39, 0.29) is 5.91 Å². The van der Waals surface area contributed by atoms with Crippen molar-refractivity contribution in [2.24, 2.45) is 0 Å². The minimum atomic E-state index is 0.187. The number of carbonyl (C=O) groups is 1. The molecule has 1 atom stereocenters. The summed E-state index contributed by atoms with van der Waals surface area (Å²) in [7, 11) is 1.74. The molecule has 0 aromatic carbocycles. The van der Waals surface area contributed by atoms with Crippen molar-refractivity contribution in [3.05, 3.63) is 22.4 Å². The van der Waals surface area contributed by atoms with E-state index in [0.717, 1.165) is 50.5 Å². The number of amides is 1. The zero-order valence-corrected chi connectivity index (χ0v) is 13.2. The molecule has 0 N–H and O–H groups in total. The van der Waals surface area contributed by atoms with Crippen LogP contribution in [-0.4, -0.2) is 61.6 Å². The first-order chi connectivity index (χ1) is 9.76. The summed E-state index contributed by atoms with van der Waals surface area (Å²) < 4.78 is 5.18. The zero-order valence-electron chi connectivity index (χ0n) is 12.4. The summed E-state index contributed by atoms with van der Waals surface area (Å²) in [5.41, 5.74) is 0. The van der Waals surface area contributed by atoms with Crippen LogP contribution in [0.4, 0.5) is 0 Å². The van der Waals surface area contributed by atoms with Crippen LogP contribution in [0.25, 0.3) is 0 Å². The Labute approximate surface area is 125 Å². The van der Waals surface area contributed by atoms with Crippen molar-refractivity contribution in [1.82, 2.24) is 9.80 Å². The lowest BCUT2D eigenvalue weighted by atomic mass is 10.1. The second-order valence-electron chi connectivity index (χ2n) is 5.20. The highest BCUT2D eigenvalue weighted by molar-refractivity contribution is 7.12. The molecule has 1 aliphatic heterocycles. The number of thiophene rings is 1. The van der Waals surface area contributed by atoms with Gasteiger partial charge in [0.05, 0.1) is 11.5 Å². The van der Waals surface area contributed by atoms with E-state index in [1.54, 1.807) is 7.11 Å². The van der Waals surface area contributed by atoms with E-state index >= 15 is 0 Å². The average molecular weight is 296 g/mol. The number of hydrogen-bond acceptors (Lipinski definition) is 4. The van der Waals surface area contributed by atoms with Gasteiger partial charge >= 0.3 is 0 Å². The fraction of sp³-hybridized carbons (Fsp3) is 0.667. The standard InChI is InChI=1S/C15H24N2O2S/c1-3-5-13-12-17(8-7-16(13)9-10-19-2)15(18)14-6-4-11-20-14/h4,6,11,13H,3,5,7-10,12H2,1-2H3/t13-/m1/s1. The topological polar surface area (TPSA) is 32.8 Å². The largest absolute Gasteiger partial charge is 0.383 e. The Morgan fingerprint density at radius 3 is 3.00 bits per heavy atom. The van der Waals surface area contributed by atoms with Crippen molar-refractivity contribution in [3.8, 4) is 0 Å². The summed E-state index contributed by atoms with van der Waals surface area (Å²) in [6.07, 6.45) is 2.28. The third-order valence-corrected chi connectivity index (χ3v) is 4.69. The summed E-state index contributed by atoms with van der Waals surface area (Å²) in [5.74, 6) is 0.187. The van der Waals surface area contributed by atoms with Gasteiger partial charge in [-0.1, -0.05) is 19.4 Å². The molecule has 20 heavy (non-hydrogen) atoms. The number of piperazine rings is 1. The van der Waals surface area contributed by atoms with E-state index in [4.69, 9.17) is 4.74 Å². The summed E-state index contributed by atoms with van der Waals surface area (Å²) in [5, 5.41) is 1.96. The Bertz CT molecular complexity index is 408. The van der Waals surface area contributed by atoms with Gasteiger partial charge in [-0.05, 0) is 17.9 Å². The SMILES string of the molecule is CCC[C@@H]1CN(C(=O)c2cccs2)CCN1CCOC. The fourth-order valence-corrected chi connectivity index (χ4v) is 3.43. The second kappa shape index (κ2) is 7.76. The minimum Gasteiger partial charge on any atom is -0.383 e. The van der Waals surface area contributed by atoms with Crippen LogP contribution in [0, 0.1) is 0 Å². The Morgan fingerprint density at radius 2 is 2.35 bits per heavy atom. The highest BCUT2D eigenvalue weighted by Gasteiger charge is 2.29. The Kier molecular flexibility index (Phi) is 6.01. The molecule has 2 heterocycles. The molecule has 1 fully saturated rings. The third kappa shape index (κ3) is 3.81. The van der Waals surface area contributed by atoms with Crippen LogP contribution < -0.4 is 0 Å². The monoisotopic (exact) mass is 296 g/mol. The molecule has 5 heteroatoms. The Hall–Kier alpha value is -0.910. The van der Waals surface area contributed by atoms with E-state index in [0.29, 0.717) is 6.04 Å². The molecular formula is C15H24N2O2S. The number of rotatable bonds is 6. The predicted molar refractivity (Wildman–Crippen MR) is 82.4 cm³/mol. The first-order valence-corrected chi connectivity index (χ1v) is 8.20. The van der Waals surface area contributed by atoms with Gasteiger partial charge in [-0.25, -0.2) is 0 Å². The quantitative estimate of drug-likeness (QED) is 0.807. The number of nitrogens with zero attached hydrogens (tertiary/aromatic N) is 2. The van der Waals surface area contributed by atoms with Crippen molar-refractivity contribution >= 4 is 17.2 Å². The van der Waals surface area contributed by atoms with Gasteiger partial charge in [0.1, 0.15) is 0 Å². The van der Waals surface area contributed by atoms with Crippen molar-refractivity contribution in [2.45, 2.75) is 25.8 Å². The molecule has 4 nitrogen and oxygen atoms in total. The van der Waals surface area contributed by atoms with Crippen molar-refractivity contribution in [2.75, 3.05) is 39.9 Å². The molecule has 1 aromatic rings. The van der Waals surface area contributed by atoms with Gasteiger partial charge in [0, 0.05) is 39.3 Å². The Morgan fingerprint density at radius 1 is 1.50 bits per heavy atom. The molecule has 2 rings (SSSR count). The van der Waals surface area contributed by atoms with Gasteiger partial charge in [-0.2, -0.15) is 0 Å². The van der Waals surface area contributed by atoms with Crippen LogP contribution in [0.2, 0.25) is 0 Å². The normalized spacial score (nSPS) is 20.3. The molecule has 1 aliphatic rings. The molecule has 112 valence electrons. The van der Waals surface area contributed by atoms with Gasteiger partial charge in [-0.15, -0.1) is 11.3 Å². The van der Waals surface area contributed by atoms with Crippen LogP contribution in [0.15, 0.2) is 17.5 Å². The third-order valence-electron chi connectivity index (χ3n) is 3.83. The lowest BCUT2D eigenvalue weighted by Gasteiger charge is -2.41. The second-order valence-corrected chi connectivity index (χ2v) is 6.15. The lowest BCUT2D eigenvalue weighted by Crippen LogP contribution is -2.55. The van der Waals surface area contributed by atoms with Gasteiger partial charge in [0.2, 0.25) is 0 Å². The van der Waals surface area contributed by atoms with Gasteiger partial charge in [-0.3, -0.25) is 9.69 Å². The molecule has 1 saturated heterocycles. The first kappa shape index (κ1) is 15.5. The predicted octanol–water partition coefficient (Wildman–Crippen LogP) is 2.32. The molecular weight excluding hydrogens is 272 g/mol. The average Bonchev–Trinajstić information content (AvgIpc) is 2.99. The van der Waals surface area contributed by atoms with Crippen LogP contribution in [0.5, 0.6) is 0 Å². The maximum atomic E-state index is 12.4. The minimum absolute atomic E-state index is 0.187. The first-order valence-electron chi connectivity index (χ1n) is 7.32.